The van der Waals surface area contributed by atoms with Gasteiger partial charge in [0.05, 0.1) is 0 Å². The van der Waals surface area contributed by atoms with Crippen LogP contribution in [0, 0.1) is 20.8 Å². The van der Waals surface area contributed by atoms with Gasteiger partial charge in [-0.05, 0) is 50.6 Å². The fourth-order valence-electron chi connectivity index (χ4n) is 2.77. The molecule has 5 heteroatoms. The Morgan fingerprint density at radius 2 is 1.96 bits per heavy atom. The number of carbonyl (C=O) groups is 1. The molecule has 25 heavy (non-hydrogen) atoms. The molecule has 0 N–H and O–H groups in total. The number of para-hydroxylation sites is 1. The molecule has 0 unspecified atom stereocenters. The Kier molecular flexibility index (Phi) is 4.84. The number of benzene rings is 1. The number of aryl methyl sites for hydroxylation is 2. The van der Waals surface area contributed by atoms with Gasteiger partial charge in [-0.2, -0.15) is 0 Å². The summed E-state index contributed by atoms with van der Waals surface area (Å²) in [5.41, 5.74) is 4.85. The van der Waals surface area contributed by atoms with E-state index >= 15 is 0 Å². The largest absolute Gasteiger partial charge is 0.456 e. The number of esters is 1. The lowest BCUT2D eigenvalue weighted by atomic mass is 10.2. The van der Waals surface area contributed by atoms with Crippen LogP contribution in [0.2, 0.25) is 0 Å². The van der Waals surface area contributed by atoms with Gasteiger partial charge in [-0.1, -0.05) is 23.4 Å². The molecule has 3 rings (SSSR count). The Labute approximate surface area is 146 Å². The Hall–Kier alpha value is -3.08. The number of ether oxygens (including phenoxy) is 1. The van der Waals surface area contributed by atoms with E-state index in [2.05, 4.69) is 21.9 Å². The summed E-state index contributed by atoms with van der Waals surface area (Å²) < 4.78 is 12.3. The number of nitrogens with zero attached hydrogens (tertiary/aromatic N) is 2. The summed E-state index contributed by atoms with van der Waals surface area (Å²) in [4.78, 5) is 11.9. The molecule has 0 aliphatic heterocycles. The van der Waals surface area contributed by atoms with E-state index in [1.54, 1.807) is 19.1 Å². The highest BCUT2D eigenvalue weighted by Crippen LogP contribution is 2.21. The quantitative estimate of drug-likeness (QED) is 0.519. The zero-order chi connectivity index (χ0) is 17.8. The lowest BCUT2D eigenvalue weighted by molar-refractivity contribution is -0.139. The van der Waals surface area contributed by atoms with Gasteiger partial charge in [-0.3, -0.25) is 0 Å². The molecule has 2 aromatic heterocycles. The Balaban J connectivity index is 1.70. The summed E-state index contributed by atoms with van der Waals surface area (Å²) in [6.45, 7) is 5.97. The number of hydrogen-bond acceptors (Lipinski definition) is 4. The molecule has 0 aliphatic carbocycles. The molecule has 0 radical (unpaired) electrons. The fraction of sp³-hybridized carbons (Fsp3) is 0.200. The molecule has 0 saturated carbocycles. The van der Waals surface area contributed by atoms with E-state index in [1.165, 1.54) is 6.08 Å². The SMILES string of the molecule is Cc1cc(COC(=O)/C=C/c2cc(C)n(-c3ccccc3)c2C)no1. The van der Waals surface area contributed by atoms with E-state index < -0.39 is 5.97 Å². The lowest BCUT2D eigenvalue weighted by Crippen LogP contribution is -2.01. The minimum Gasteiger partial charge on any atom is -0.456 e. The number of aromatic nitrogens is 2. The standard InChI is InChI=1S/C20H20N2O3/c1-14-11-17(16(3)22(14)19-7-5-4-6-8-19)9-10-20(23)24-13-18-12-15(2)25-21-18/h4-12H,13H2,1-3H3/b10-9+. The third kappa shape index (κ3) is 3.88. The van der Waals surface area contributed by atoms with Crippen LogP contribution in [0.4, 0.5) is 0 Å². The summed E-state index contributed by atoms with van der Waals surface area (Å²) in [5.74, 6) is 0.278. The summed E-state index contributed by atoms with van der Waals surface area (Å²) >= 11 is 0. The average molecular weight is 336 g/mol. The van der Waals surface area contributed by atoms with E-state index in [0.29, 0.717) is 11.5 Å². The predicted octanol–water partition coefficient (Wildman–Crippen LogP) is 4.15. The van der Waals surface area contributed by atoms with Crippen molar-refractivity contribution < 1.29 is 14.1 Å². The summed E-state index contributed by atoms with van der Waals surface area (Å²) in [7, 11) is 0. The molecule has 0 spiro atoms. The van der Waals surface area contributed by atoms with Crippen LogP contribution in [-0.4, -0.2) is 15.7 Å². The van der Waals surface area contributed by atoms with Gasteiger partial charge < -0.3 is 13.8 Å². The predicted molar refractivity (Wildman–Crippen MR) is 95.3 cm³/mol. The second-order valence-electron chi connectivity index (χ2n) is 5.87. The summed E-state index contributed by atoms with van der Waals surface area (Å²) in [5, 5.41) is 3.79. The normalized spacial score (nSPS) is 11.2. The van der Waals surface area contributed by atoms with E-state index in [0.717, 1.165) is 22.6 Å². The Morgan fingerprint density at radius 1 is 1.20 bits per heavy atom. The first-order chi connectivity index (χ1) is 12.0. The molecular weight excluding hydrogens is 316 g/mol. The van der Waals surface area contributed by atoms with Crippen LogP contribution in [0.15, 0.2) is 53.1 Å². The molecule has 0 bridgehead atoms. The Bertz CT molecular complexity index is 904. The van der Waals surface area contributed by atoms with Crippen LogP contribution in [0.3, 0.4) is 0 Å². The van der Waals surface area contributed by atoms with Crippen LogP contribution in [0.5, 0.6) is 0 Å². The first kappa shape index (κ1) is 16.8. The first-order valence-corrected chi connectivity index (χ1v) is 8.06. The van der Waals surface area contributed by atoms with Gasteiger partial charge in [0.2, 0.25) is 0 Å². The van der Waals surface area contributed by atoms with Crippen molar-refractivity contribution in [3.8, 4) is 5.69 Å². The lowest BCUT2D eigenvalue weighted by Gasteiger charge is -2.09. The van der Waals surface area contributed by atoms with Crippen LogP contribution in [0.25, 0.3) is 11.8 Å². The summed E-state index contributed by atoms with van der Waals surface area (Å²) in [6.07, 6.45) is 3.21. The monoisotopic (exact) mass is 336 g/mol. The number of rotatable bonds is 5. The maximum absolute atomic E-state index is 11.9. The maximum atomic E-state index is 11.9. The smallest absolute Gasteiger partial charge is 0.331 e. The molecule has 0 saturated heterocycles. The zero-order valence-electron chi connectivity index (χ0n) is 14.5. The molecule has 0 atom stereocenters. The Morgan fingerprint density at radius 3 is 2.64 bits per heavy atom. The molecule has 5 nitrogen and oxygen atoms in total. The topological polar surface area (TPSA) is 57.3 Å². The van der Waals surface area contributed by atoms with Crippen molar-refractivity contribution >= 4 is 12.0 Å². The van der Waals surface area contributed by atoms with Crippen molar-refractivity contribution in [1.29, 1.82) is 0 Å². The van der Waals surface area contributed by atoms with Crippen molar-refractivity contribution in [3.05, 3.63) is 76.9 Å². The van der Waals surface area contributed by atoms with Gasteiger partial charge >= 0.3 is 5.97 Å². The minimum atomic E-state index is -0.412. The molecular formula is C20H20N2O3. The van der Waals surface area contributed by atoms with Crippen molar-refractivity contribution in [2.45, 2.75) is 27.4 Å². The molecule has 0 fully saturated rings. The van der Waals surface area contributed by atoms with Crippen LogP contribution < -0.4 is 0 Å². The number of hydrogen-bond donors (Lipinski definition) is 0. The van der Waals surface area contributed by atoms with Gasteiger partial charge in [0.25, 0.3) is 0 Å². The van der Waals surface area contributed by atoms with Crippen molar-refractivity contribution in [2.75, 3.05) is 0 Å². The molecule has 3 aromatic rings. The van der Waals surface area contributed by atoms with Crippen LogP contribution in [-0.2, 0) is 16.1 Å². The average Bonchev–Trinajstić information content (AvgIpc) is 3.14. The van der Waals surface area contributed by atoms with Crippen LogP contribution >= 0.6 is 0 Å². The fourth-order valence-corrected chi connectivity index (χ4v) is 2.77. The first-order valence-electron chi connectivity index (χ1n) is 8.06. The van der Waals surface area contributed by atoms with Gasteiger partial charge in [-0.15, -0.1) is 0 Å². The molecule has 2 heterocycles. The maximum Gasteiger partial charge on any atom is 0.331 e. The summed E-state index contributed by atoms with van der Waals surface area (Å²) in [6, 6.07) is 13.9. The number of carbonyl (C=O) groups excluding carboxylic acids is 1. The van der Waals surface area contributed by atoms with Crippen LogP contribution in [0.1, 0.15) is 28.4 Å². The highest BCUT2D eigenvalue weighted by Gasteiger charge is 2.09. The highest BCUT2D eigenvalue weighted by molar-refractivity contribution is 5.87. The van der Waals surface area contributed by atoms with Crippen molar-refractivity contribution in [1.82, 2.24) is 9.72 Å². The second-order valence-corrected chi connectivity index (χ2v) is 5.87. The zero-order valence-corrected chi connectivity index (χ0v) is 14.5. The van der Waals surface area contributed by atoms with E-state index in [-0.39, 0.29) is 6.61 Å². The molecule has 0 aliphatic rings. The second kappa shape index (κ2) is 7.21. The molecule has 0 amide bonds. The highest BCUT2D eigenvalue weighted by atomic mass is 16.5. The van der Waals surface area contributed by atoms with Gasteiger partial charge in [-0.25, -0.2) is 4.79 Å². The van der Waals surface area contributed by atoms with Crippen molar-refractivity contribution in [2.24, 2.45) is 0 Å². The third-order valence-electron chi connectivity index (χ3n) is 3.92. The van der Waals surface area contributed by atoms with Gasteiger partial charge in [0.1, 0.15) is 18.1 Å². The van der Waals surface area contributed by atoms with E-state index in [4.69, 9.17) is 9.26 Å². The van der Waals surface area contributed by atoms with Gasteiger partial charge in [0, 0.05) is 29.2 Å². The van der Waals surface area contributed by atoms with Gasteiger partial charge in [0.15, 0.2) is 0 Å². The minimum absolute atomic E-state index is 0.101. The van der Waals surface area contributed by atoms with E-state index in [1.807, 2.05) is 38.1 Å². The third-order valence-corrected chi connectivity index (χ3v) is 3.92. The van der Waals surface area contributed by atoms with E-state index in [9.17, 15) is 4.79 Å². The van der Waals surface area contributed by atoms with Crippen molar-refractivity contribution in [3.63, 3.8) is 0 Å². The molecule has 128 valence electrons. The molecule has 1 aromatic carbocycles.